The zero-order chi connectivity index (χ0) is 17.3. The van der Waals surface area contributed by atoms with Gasteiger partial charge in [0.2, 0.25) is 11.8 Å². The van der Waals surface area contributed by atoms with Crippen molar-refractivity contribution in [2.45, 2.75) is 39.0 Å². The maximum absolute atomic E-state index is 12.6. The number of carbonyl (C=O) groups is 1. The molecule has 2 N–H and O–H groups in total. The molecule has 3 rings (SSSR count). The summed E-state index contributed by atoms with van der Waals surface area (Å²) in [5.41, 5.74) is -0.386. The number of aryl methyl sites for hydroxylation is 2. The van der Waals surface area contributed by atoms with Crippen LogP contribution in [0.3, 0.4) is 0 Å². The standard InChI is InChI=1S/C15H19N5O4/c1-8-11(14(22)18-15(23)16-8)6-12(21)20-5-3-4-10(7-20)13-17-9(2)24-19-13/h10H,3-7H2,1-2H3,(H2,16,18,22,23)/t10-/m1/s1. The maximum atomic E-state index is 12.6. The summed E-state index contributed by atoms with van der Waals surface area (Å²) in [5.74, 6) is 1.00. The summed E-state index contributed by atoms with van der Waals surface area (Å²) in [6, 6.07) is 0. The van der Waals surface area contributed by atoms with E-state index < -0.39 is 11.2 Å². The van der Waals surface area contributed by atoms with Gasteiger partial charge < -0.3 is 14.4 Å². The third-order valence-corrected chi connectivity index (χ3v) is 4.27. The van der Waals surface area contributed by atoms with E-state index in [0.29, 0.717) is 30.5 Å². The molecule has 0 saturated carbocycles. The van der Waals surface area contributed by atoms with Crippen molar-refractivity contribution < 1.29 is 9.32 Å². The van der Waals surface area contributed by atoms with Crippen molar-refractivity contribution in [2.24, 2.45) is 0 Å². The van der Waals surface area contributed by atoms with Gasteiger partial charge in [-0.25, -0.2) is 4.79 Å². The topological polar surface area (TPSA) is 125 Å². The fraction of sp³-hybridized carbons (Fsp3) is 0.533. The Morgan fingerprint density at radius 1 is 1.33 bits per heavy atom. The van der Waals surface area contributed by atoms with Crippen LogP contribution in [0.4, 0.5) is 0 Å². The Morgan fingerprint density at radius 3 is 2.79 bits per heavy atom. The van der Waals surface area contributed by atoms with Gasteiger partial charge in [-0.1, -0.05) is 5.16 Å². The zero-order valence-corrected chi connectivity index (χ0v) is 13.6. The molecule has 1 aliphatic rings. The Balaban J connectivity index is 1.73. The second-order valence-corrected chi connectivity index (χ2v) is 6.04. The van der Waals surface area contributed by atoms with Gasteiger partial charge in [0.05, 0.1) is 6.42 Å². The Labute approximate surface area is 137 Å². The Bertz CT molecular complexity index is 865. The fourth-order valence-corrected chi connectivity index (χ4v) is 3.00. The van der Waals surface area contributed by atoms with Crippen molar-refractivity contribution in [3.8, 4) is 0 Å². The van der Waals surface area contributed by atoms with Crippen molar-refractivity contribution in [1.29, 1.82) is 0 Å². The van der Waals surface area contributed by atoms with Crippen molar-refractivity contribution in [2.75, 3.05) is 13.1 Å². The van der Waals surface area contributed by atoms with Gasteiger partial charge in [-0.2, -0.15) is 4.98 Å². The van der Waals surface area contributed by atoms with Crippen LogP contribution in [0.25, 0.3) is 0 Å². The SMILES string of the molecule is Cc1nc([C@@H]2CCCN(C(=O)Cc3c(C)[nH]c(=O)[nH]c3=O)C2)no1. The number of aromatic nitrogens is 4. The van der Waals surface area contributed by atoms with Gasteiger partial charge in [-0.3, -0.25) is 14.6 Å². The Hall–Kier alpha value is -2.71. The molecule has 0 bridgehead atoms. The quantitative estimate of drug-likeness (QED) is 0.815. The Kier molecular flexibility index (Phi) is 4.32. The molecular formula is C15H19N5O4. The van der Waals surface area contributed by atoms with E-state index in [1.54, 1.807) is 18.7 Å². The Morgan fingerprint density at radius 2 is 2.12 bits per heavy atom. The summed E-state index contributed by atoms with van der Waals surface area (Å²) >= 11 is 0. The average Bonchev–Trinajstić information content (AvgIpc) is 2.97. The van der Waals surface area contributed by atoms with Crippen molar-refractivity contribution >= 4 is 5.91 Å². The number of nitrogens with one attached hydrogen (secondary N) is 2. The number of nitrogens with zero attached hydrogens (tertiary/aromatic N) is 3. The first-order valence-electron chi connectivity index (χ1n) is 7.84. The van der Waals surface area contributed by atoms with Gasteiger partial charge in [-0.15, -0.1) is 0 Å². The molecule has 2 aromatic heterocycles. The molecule has 24 heavy (non-hydrogen) atoms. The summed E-state index contributed by atoms with van der Waals surface area (Å²) < 4.78 is 5.01. The molecule has 0 spiro atoms. The van der Waals surface area contributed by atoms with E-state index in [4.69, 9.17) is 4.52 Å². The summed E-state index contributed by atoms with van der Waals surface area (Å²) in [4.78, 5) is 46.3. The van der Waals surface area contributed by atoms with E-state index >= 15 is 0 Å². The average molecular weight is 333 g/mol. The van der Waals surface area contributed by atoms with Gasteiger partial charge >= 0.3 is 5.69 Å². The molecule has 0 radical (unpaired) electrons. The van der Waals surface area contributed by atoms with Crippen LogP contribution in [0.5, 0.6) is 0 Å². The molecular weight excluding hydrogens is 314 g/mol. The number of piperidine rings is 1. The normalized spacial score (nSPS) is 17.9. The molecule has 1 aliphatic heterocycles. The first kappa shape index (κ1) is 16.2. The van der Waals surface area contributed by atoms with Crippen LogP contribution < -0.4 is 11.2 Å². The molecule has 0 unspecified atom stereocenters. The minimum atomic E-state index is -0.570. The molecule has 9 nitrogen and oxygen atoms in total. The fourth-order valence-electron chi connectivity index (χ4n) is 3.00. The first-order chi connectivity index (χ1) is 11.4. The van der Waals surface area contributed by atoms with Gasteiger partial charge in [0, 0.05) is 37.2 Å². The van der Waals surface area contributed by atoms with Crippen LogP contribution in [-0.4, -0.2) is 44.0 Å². The number of rotatable bonds is 3. The predicted molar refractivity (Wildman–Crippen MR) is 83.7 cm³/mol. The predicted octanol–water partition coefficient (Wildman–Crippen LogP) is 0.0117. The minimum Gasteiger partial charge on any atom is -0.342 e. The summed E-state index contributed by atoms with van der Waals surface area (Å²) in [7, 11) is 0. The third kappa shape index (κ3) is 3.29. The molecule has 1 atom stereocenters. The number of H-pyrrole nitrogens is 2. The number of amides is 1. The van der Waals surface area contributed by atoms with E-state index in [-0.39, 0.29) is 23.8 Å². The lowest BCUT2D eigenvalue weighted by atomic mass is 9.96. The van der Waals surface area contributed by atoms with Crippen LogP contribution in [0.1, 0.15) is 41.7 Å². The molecule has 9 heteroatoms. The van der Waals surface area contributed by atoms with Crippen molar-refractivity contribution in [1.82, 2.24) is 25.0 Å². The largest absolute Gasteiger partial charge is 0.342 e. The van der Waals surface area contributed by atoms with E-state index in [2.05, 4.69) is 20.1 Å². The molecule has 0 aliphatic carbocycles. The highest BCUT2D eigenvalue weighted by atomic mass is 16.5. The van der Waals surface area contributed by atoms with E-state index in [0.717, 1.165) is 12.8 Å². The highest BCUT2D eigenvalue weighted by Gasteiger charge is 2.28. The number of aromatic amines is 2. The van der Waals surface area contributed by atoms with Gasteiger partial charge in [0.1, 0.15) is 0 Å². The minimum absolute atomic E-state index is 0.0371. The van der Waals surface area contributed by atoms with Gasteiger partial charge in [-0.05, 0) is 19.8 Å². The number of likely N-dealkylation sites (tertiary alicyclic amines) is 1. The zero-order valence-electron chi connectivity index (χ0n) is 13.6. The second-order valence-electron chi connectivity index (χ2n) is 6.04. The molecule has 1 fully saturated rings. The summed E-state index contributed by atoms with van der Waals surface area (Å²) in [6.07, 6.45) is 1.68. The highest BCUT2D eigenvalue weighted by molar-refractivity contribution is 5.79. The summed E-state index contributed by atoms with van der Waals surface area (Å²) in [5, 5.41) is 3.94. The van der Waals surface area contributed by atoms with Crippen LogP contribution in [0.2, 0.25) is 0 Å². The molecule has 2 aromatic rings. The molecule has 1 amide bonds. The van der Waals surface area contributed by atoms with Crippen molar-refractivity contribution in [3.05, 3.63) is 43.8 Å². The van der Waals surface area contributed by atoms with Gasteiger partial charge in [0.15, 0.2) is 5.82 Å². The van der Waals surface area contributed by atoms with Crippen LogP contribution in [-0.2, 0) is 11.2 Å². The van der Waals surface area contributed by atoms with E-state index in [9.17, 15) is 14.4 Å². The smallest absolute Gasteiger partial charge is 0.325 e. The molecule has 1 saturated heterocycles. The molecule has 128 valence electrons. The van der Waals surface area contributed by atoms with Crippen LogP contribution in [0.15, 0.2) is 14.1 Å². The third-order valence-electron chi connectivity index (χ3n) is 4.27. The monoisotopic (exact) mass is 333 g/mol. The maximum Gasteiger partial charge on any atom is 0.325 e. The van der Waals surface area contributed by atoms with E-state index in [1.807, 2.05) is 0 Å². The first-order valence-corrected chi connectivity index (χ1v) is 7.84. The lowest BCUT2D eigenvalue weighted by Gasteiger charge is -2.31. The molecule has 3 heterocycles. The van der Waals surface area contributed by atoms with Crippen LogP contribution in [0, 0.1) is 13.8 Å². The second kappa shape index (κ2) is 6.42. The van der Waals surface area contributed by atoms with E-state index in [1.165, 1.54) is 0 Å². The number of carbonyl (C=O) groups excluding carboxylic acids is 1. The number of hydrogen-bond donors (Lipinski definition) is 2. The lowest BCUT2D eigenvalue weighted by molar-refractivity contribution is -0.131. The lowest BCUT2D eigenvalue weighted by Crippen LogP contribution is -2.41. The molecule has 0 aromatic carbocycles. The van der Waals surface area contributed by atoms with Crippen molar-refractivity contribution in [3.63, 3.8) is 0 Å². The highest BCUT2D eigenvalue weighted by Crippen LogP contribution is 2.25. The van der Waals surface area contributed by atoms with Crippen LogP contribution >= 0.6 is 0 Å². The number of hydrogen-bond acceptors (Lipinski definition) is 6. The summed E-state index contributed by atoms with van der Waals surface area (Å²) in [6.45, 7) is 4.47. The van der Waals surface area contributed by atoms with Gasteiger partial charge in [0.25, 0.3) is 5.56 Å².